The second-order valence-electron chi connectivity index (χ2n) is 4.46. The summed E-state index contributed by atoms with van der Waals surface area (Å²) in [6.45, 7) is 2.08. The highest BCUT2D eigenvalue weighted by molar-refractivity contribution is 7.89. The van der Waals surface area contributed by atoms with Crippen LogP contribution in [0.5, 0.6) is 0 Å². The van der Waals surface area contributed by atoms with Crippen molar-refractivity contribution >= 4 is 21.6 Å². The Labute approximate surface area is 125 Å². The molecular weight excluding hydrogens is 323 g/mol. The van der Waals surface area contributed by atoms with Crippen molar-refractivity contribution in [3.05, 3.63) is 23.8 Å². The Kier molecular flexibility index (Phi) is 5.78. The largest absolute Gasteiger partial charge is 0.417 e. The van der Waals surface area contributed by atoms with Crippen LogP contribution in [0.4, 0.5) is 18.9 Å². The number of nitrogens with one attached hydrogen (secondary N) is 2. The van der Waals surface area contributed by atoms with E-state index in [1.807, 2.05) is 6.92 Å². The van der Waals surface area contributed by atoms with E-state index in [0.717, 1.165) is 18.6 Å². The minimum Gasteiger partial charge on any atom is -0.376 e. The average Bonchev–Trinajstić information content (AvgIpc) is 2.40. The van der Waals surface area contributed by atoms with Crippen molar-refractivity contribution in [1.82, 2.24) is 5.32 Å². The number of benzene rings is 1. The Morgan fingerprint density at radius 3 is 2.45 bits per heavy atom. The first-order chi connectivity index (χ1) is 10.1. The van der Waals surface area contributed by atoms with Crippen molar-refractivity contribution in [1.29, 1.82) is 0 Å². The van der Waals surface area contributed by atoms with Gasteiger partial charge >= 0.3 is 6.18 Å². The Morgan fingerprint density at radius 1 is 1.32 bits per heavy atom. The van der Waals surface area contributed by atoms with Gasteiger partial charge in [0.15, 0.2) is 0 Å². The summed E-state index contributed by atoms with van der Waals surface area (Å²) in [5.74, 6) is -0.383. The minimum absolute atomic E-state index is 0.0358. The van der Waals surface area contributed by atoms with Gasteiger partial charge in [0, 0.05) is 12.2 Å². The van der Waals surface area contributed by atoms with Crippen LogP contribution in [0, 0.1) is 0 Å². The summed E-state index contributed by atoms with van der Waals surface area (Å²) in [5.41, 5.74) is -1.42. The molecule has 0 aliphatic heterocycles. The van der Waals surface area contributed by atoms with Gasteiger partial charge in [0.05, 0.1) is 17.0 Å². The van der Waals surface area contributed by atoms with Gasteiger partial charge in [-0.15, -0.1) is 0 Å². The smallest absolute Gasteiger partial charge is 0.376 e. The summed E-state index contributed by atoms with van der Waals surface area (Å²) >= 11 is 0. The van der Waals surface area contributed by atoms with Crippen molar-refractivity contribution in [2.45, 2.75) is 24.4 Å². The highest BCUT2D eigenvalue weighted by Crippen LogP contribution is 2.35. The van der Waals surface area contributed by atoms with E-state index in [9.17, 15) is 26.4 Å². The Hall–Kier alpha value is -1.81. The fraction of sp³-hybridized carbons (Fsp3) is 0.417. The number of primary sulfonamides is 1. The average molecular weight is 339 g/mol. The molecule has 0 aliphatic carbocycles. The highest BCUT2D eigenvalue weighted by Gasteiger charge is 2.36. The van der Waals surface area contributed by atoms with Gasteiger partial charge in [-0.3, -0.25) is 4.79 Å². The summed E-state index contributed by atoms with van der Waals surface area (Å²) < 4.78 is 61.1. The standard InChI is InChI=1S/C12H16F3N3O3S/c1-2-5-17-11(19)7-18-8-3-4-10(22(16,20)21)9(6-8)12(13,14)15/h3-4,6,18H,2,5,7H2,1H3,(H,17,19)(H2,16,20,21). The van der Waals surface area contributed by atoms with Crippen LogP contribution in [0.15, 0.2) is 23.1 Å². The van der Waals surface area contributed by atoms with E-state index in [-0.39, 0.29) is 18.1 Å². The third-order valence-corrected chi connectivity index (χ3v) is 3.59. The fourth-order valence-electron chi connectivity index (χ4n) is 1.62. The number of carbonyl (C=O) groups is 1. The Morgan fingerprint density at radius 2 is 1.95 bits per heavy atom. The van der Waals surface area contributed by atoms with Crippen LogP contribution in [-0.4, -0.2) is 27.4 Å². The van der Waals surface area contributed by atoms with E-state index in [1.165, 1.54) is 0 Å². The molecule has 0 atom stereocenters. The van der Waals surface area contributed by atoms with Gasteiger partial charge < -0.3 is 10.6 Å². The van der Waals surface area contributed by atoms with Gasteiger partial charge in [0.1, 0.15) is 0 Å². The summed E-state index contributed by atoms with van der Waals surface area (Å²) in [7, 11) is -4.50. The molecule has 0 saturated heterocycles. The lowest BCUT2D eigenvalue weighted by molar-refractivity contribution is -0.139. The molecule has 0 heterocycles. The zero-order valence-electron chi connectivity index (χ0n) is 11.7. The lowest BCUT2D eigenvalue weighted by atomic mass is 10.2. The van der Waals surface area contributed by atoms with E-state index in [1.54, 1.807) is 0 Å². The molecule has 0 unspecified atom stereocenters. The number of hydrogen-bond donors (Lipinski definition) is 3. The molecule has 0 radical (unpaired) electrons. The fourth-order valence-corrected chi connectivity index (χ4v) is 2.36. The van der Waals surface area contributed by atoms with E-state index in [2.05, 4.69) is 10.6 Å². The lowest BCUT2D eigenvalue weighted by Crippen LogP contribution is -2.30. The van der Waals surface area contributed by atoms with Gasteiger partial charge in [0.25, 0.3) is 0 Å². The molecule has 6 nitrogen and oxygen atoms in total. The first kappa shape index (κ1) is 18.2. The second kappa shape index (κ2) is 6.97. The molecule has 22 heavy (non-hydrogen) atoms. The normalized spacial score (nSPS) is 12.0. The van der Waals surface area contributed by atoms with Gasteiger partial charge in [-0.25, -0.2) is 13.6 Å². The maximum Gasteiger partial charge on any atom is 0.417 e. The number of sulfonamides is 1. The van der Waals surface area contributed by atoms with E-state index >= 15 is 0 Å². The van der Waals surface area contributed by atoms with Gasteiger partial charge in [-0.1, -0.05) is 6.92 Å². The second-order valence-corrected chi connectivity index (χ2v) is 5.99. The molecular formula is C12H16F3N3O3S. The molecule has 0 spiro atoms. The molecule has 0 fully saturated rings. The number of alkyl halides is 3. The molecule has 0 aromatic heterocycles. The zero-order chi connectivity index (χ0) is 17.0. The van der Waals surface area contributed by atoms with Crippen LogP contribution in [-0.2, 0) is 21.0 Å². The third kappa shape index (κ3) is 5.19. The number of anilines is 1. The monoisotopic (exact) mass is 339 g/mol. The SMILES string of the molecule is CCCNC(=O)CNc1ccc(S(N)(=O)=O)c(C(F)(F)F)c1. The molecule has 0 bridgehead atoms. The molecule has 0 aliphatic rings. The summed E-state index contributed by atoms with van der Waals surface area (Å²) in [5, 5.41) is 9.81. The van der Waals surface area contributed by atoms with Gasteiger partial charge in [0.2, 0.25) is 15.9 Å². The predicted molar refractivity (Wildman–Crippen MR) is 74.6 cm³/mol. The zero-order valence-corrected chi connectivity index (χ0v) is 12.5. The number of carbonyl (C=O) groups excluding carboxylic acids is 1. The minimum atomic E-state index is -4.88. The van der Waals surface area contributed by atoms with E-state index < -0.39 is 26.7 Å². The Bertz CT molecular complexity index is 645. The number of hydrogen-bond acceptors (Lipinski definition) is 4. The molecule has 1 aromatic carbocycles. The van der Waals surface area contributed by atoms with Gasteiger partial charge in [-0.2, -0.15) is 13.2 Å². The van der Waals surface area contributed by atoms with Crippen molar-refractivity contribution in [3.63, 3.8) is 0 Å². The van der Waals surface area contributed by atoms with Crippen molar-refractivity contribution in [3.8, 4) is 0 Å². The molecule has 1 aromatic rings. The van der Waals surface area contributed by atoms with E-state index in [0.29, 0.717) is 12.6 Å². The highest BCUT2D eigenvalue weighted by atomic mass is 32.2. The topological polar surface area (TPSA) is 101 Å². The van der Waals surface area contributed by atoms with Gasteiger partial charge in [-0.05, 0) is 24.6 Å². The van der Waals surface area contributed by atoms with Crippen LogP contribution in [0.1, 0.15) is 18.9 Å². The molecule has 10 heteroatoms. The number of rotatable bonds is 6. The van der Waals surface area contributed by atoms with Crippen LogP contribution < -0.4 is 15.8 Å². The third-order valence-electron chi connectivity index (χ3n) is 2.62. The van der Waals surface area contributed by atoms with Crippen molar-refractivity contribution in [2.75, 3.05) is 18.4 Å². The first-order valence-corrected chi connectivity index (χ1v) is 7.85. The number of nitrogens with two attached hydrogens (primary N) is 1. The maximum atomic E-state index is 12.9. The Balaban J connectivity index is 2.99. The molecule has 124 valence electrons. The number of amides is 1. The summed E-state index contributed by atoms with van der Waals surface area (Å²) in [4.78, 5) is 10.4. The van der Waals surface area contributed by atoms with E-state index in [4.69, 9.17) is 5.14 Å². The molecule has 1 amide bonds. The molecule has 4 N–H and O–H groups in total. The van der Waals surface area contributed by atoms with Crippen molar-refractivity contribution < 1.29 is 26.4 Å². The van der Waals surface area contributed by atoms with Crippen LogP contribution in [0.25, 0.3) is 0 Å². The summed E-state index contributed by atoms with van der Waals surface area (Å²) in [6.07, 6.45) is -4.16. The summed E-state index contributed by atoms with van der Waals surface area (Å²) in [6, 6.07) is 2.47. The van der Waals surface area contributed by atoms with Crippen LogP contribution in [0.2, 0.25) is 0 Å². The lowest BCUT2D eigenvalue weighted by Gasteiger charge is -2.14. The van der Waals surface area contributed by atoms with Crippen molar-refractivity contribution in [2.24, 2.45) is 5.14 Å². The number of halogens is 3. The van der Waals surface area contributed by atoms with Crippen LogP contribution in [0.3, 0.4) is 0 Å². The maximum absolute atomic E-state index is 12.9. The first-order valence-electron chi connectivity index (χ1n) is 6.30. The van der Waals surface area contributed by atoms with Crippen LogP contribution >= 0.6 is 0 Å². The molecule has 0 saturated carbocycles. The quantitative estimate of drug-likeness (QED) is 0.727. The molecule has 1 rings (SSSR count). The predicted octanol–water partition coefficient (Wildman–Crippen LogP) is 1.29.